The van der Waals surface area contributed by atoms with E-state index in [4.69, 9.17) is 11.6 Å². The zero-order chi connectivity index (χ0) is 17.6. The number of pyridine rings is 1. The summed E-state index contributed by atoms with van der Waals surface area (Å²) >= 11 is 6.09. The van der Waals surface area contributed by atoms with E-state index in [1.807, 2.05) is 4.90 Å². The molecule has 0 radical (unpaired) electrons. The number of nitrogens with one attached hydrogen (secondary N) is 2. The molecule has 7 heteroatoms. The maximum absolute atomic E-state index is 12.6. The fraction of sp³-hybridized carbons (Fsp3) is 0.500. The quantitative estimate of drug-likeness (QED) is 0.883. The van der Waals surface area contributed by atoms with Gasteiger partial charge >= 0.3 is 0 Å². The Hall–Kier alpha value is -2.08. The molecule has 0 unspecified atom stereocenters. The van der Waals surface area contributed by atoms with Gasteiger partial charge in [0.1, 0.15) is 11.7 Å². The van der Waals surface area contributed by atoms with Crippen LogP contribution in [0.5, 0.6) is 0 Å². The van der Waals surface area contributed by atoms with Gasteiger partial charge < -0.3 is 15.2 Å². The van der Waals surface area contributed by atoms with Crippen molar-refractivity contribution in [2.24, 2.45) is 5.41 Å². The number of hydrogen-bond donors (Lipinski definition) is 2. The first-order chi connectivity index (χ1) is 12.0. The average molecular weight is 361 g/mol. The third-order valence-electron chi connectivity index (χ3n) is 5.55. The van der Waals surface area contributed by atoms with Crippen LogP contribution < -0.4 is 5.32 Å². The molecule has 1 aliphatic heterocycles. The number of aromatic nitrogens is 2. The Labute approximate surface area is 150 Å². The molecule has 2 aliphatic rings. The number of piperidine rings is 1. The van der Waals surface area contributed by atoms with E-state index in [2.05, 4.69) is 15.3 Å². The molecule has 25 heavy (non-hydrogen) atoms. The highest BCUT2D eigenvalue weighted by molar-refractivity contribution is 6.35. The molecule has 2 amide bonds. The van der Waals surface area contributed by atoms with Crippen LogP contribution in [0.3, 0.4) is 0 Å². The van der Waals surface area contributed by atoms with Crippen LogP contribution in [-0.2, 0) is 4.79 Å². The summed E-state index contributed by atoms with van der Waals surface area (Å²) < 4.78 is 0. The van der Waals surface area contributed by atoms with Gasteiger partial charge in [-0.15, -0.1) is 0 Å². The molecule has 1 aliphatic carbocycles. The molecule has 1 spiro atoms. The van der Waals surface area contributed by atoms with Crippen LogP contribution in [0.25, 0.3) is 10.9 Å². The van der Waals surface area contributed by atoms with Gasteiger partial charge in [0.25, 0.3) is 5.91 Å². The second kappa shape index (κ2) is 6.02. The zero-order valence-electron chi connectivity index (χ0n) is 14.1. The molecule has 1 saturated heterocycles. The van der Waals surface area contributed by atoms with E-state index >= 15 is 0 Å². The minimum atomic E-state index is -0.555. The topological polar surface area (TPSA) is 78.1 Å². The summed E-state index contributed by atoms with van der Waals surface area (Å²) in [5.74, 6) is -0.330. The number of carbonyl (C=O) groups is 2. The Kier molecular flexibility index (Phi) is 3.95. The number of carbonyl (C=O) groups excluding carboxylic acids is 2. The van der Waals surface area contributed by atoms with Crippen molar-refractivity contribution in [2.75, 3.05) is 13.1 Å². The number of hydrogen-bond acceptors (Lipinski definition) is 3. The monoisotopic (exact) mass is 360 g/mol. The minimum Gasteiger partial charge on any atom is -0.349 e. The van der Waals surface area contributed by atoms with E-state index < -0.39 is 6.04 Å². The third kappa shape index (κ3) is 3.11. The van der Waals surface area contributed by atoms with Crippen LogP contribution in [0.1, 0.15) is 43.1 Å². The smallest absolute Gasteiger partial charge is 0.268 e. The van der Waals surface area contributed by atoms with Crippen molar-refractivity contribution in [3.63, 3.8) is 0 Å². The highest BCUT2D eigenvalue weighted by Gasteiger charge is 2.45. The standard InChI is InChI=1S/C18H21ClN4O2/c1-11(17(25)23-6-4-18(2-3-18)5-7-23)21-16(24)14-8-12-13(19)9-20-10-15(12)22-14/h8-11,22H,2-7H2,1H3,(H,21,24)/t11-/m1/s1. The molecular formula is C18H21ClN4O2. The summed E-state index contributed by atoms with van der Waals surface area (Å²) in [6, 6.07) is 1.13. The number of halogens is 1. The van der Waals surface area contributed by atoms with Crippen molar-refractivity contribution in [2.45, 2.75) is 38.6 Å². The van der Waals surface area contributed by atoms with Crippen LogP contribution >= 0.6 is 11.6 Å². The van der Waals surface area contributed by atoms with Crippen LogP contribution in [0.15, 0.2) is 18.5 Å². The number of fused-ring (bicyclic) bond motifs is 1. The zero-order valence-corrected chi connectivity index (χ0v) is 14.9. The first kappa shape index (κ1) is 16.4. The molecular weight excluding hydrogens is 340 g/mol. The molecule has 2 fully saturated rings. The summed E-state index contributed by atoms with van der Waals surface area (Å²) in [6.45, 7) is 3.33. The Morgan fingerprint density at radius 2 is 2.00 bits per heavy atom. The molecule has 2 aromatic rings. The maximum Gasteiger partial charge on any atom is 0.268 e. The lowest BCUT2D eigenvalue weighted by Gasteiger charge is -2.33. The predicted molar refractivity (Wildman–Crippen MR) is 95.5 cm³/mol. The normalized spacial score (nSPS) is 19.8. The lowest BCUT2D eigenvalue weighted by molar-refractivity contribution is -0.134. The van der Waals surface area contributed by atoms with Gasteiger partial charge in [0.15, 0.2) is 0 Å². The van der Waals surface area contributed by atoms with Crippen LogP contribution in [0, 0.1) is 5.41 Å². The van der Waals surface area contributed by atoms with Crippen molar-refractivity contribution in [1.29, 1.82) is 0 Å². The highest BCUT2D eigenvalue weighted by atomic mass is 35.5. The molecule has 132 valence electrons. The van der Waals surface area contributed by atoms with Crippen molar-refractivity contribution in [3.8, 4) is 0 Å². The molecule has 6 nitrogen and oxygen atoms in total. The largest absolute Gasteiger partial charge is 0.349 e. The molecule has 3 heterocycles. The van der Waals surface area contributed by atoms with Gasteiger partial charge in [-0.3, -0.25) is 14.6 Å². The summed E-state index contributed by atoms with van der Waals surface area (Å²) in [5, 5.41) is 4.01. The maximum atomic E-state index is 12.6. The van der Waals surface area contributed by atoms with Crippen molar-refractivity contribution in [1.82, 2.24) is 20.2 Å². The van der Waals surface area contributed by atoms with Crippen molar-refractivity contribution >= 4 is 34.3 Å². The number of likely N-dealkylation sites (tertiary alicyclic amines) is 1. The van der Waals surface area contributed by atoms with E-state index in [9.17, 15) is 9.59 Å². The van der Waals surface area contributed by atoms with E-state index in [0.717, 1.165) is 31.3 Å². The predicted octanol–water partition coefficient (Wildman–Crippen LogP) is 2.74. The number of rotatable bonds is 3. The van der Waals surface area contributed by atoms with E-state index in [-0.39, 0.29) is 11.8 Å². The van der Waals surface area contributed by atoms with E-state index in [1.165, 1.54) is 19.0 Å². The molecule has 2 aromatic heterocycles. The van der Waals surface area contributed by atoms with Gasteiger partial charge in [-0.2, -0.15) is 0 Å². The van der Waals surface area contributed by atoms with Crippen LogP contribution in [-0.4, -0.2) is 45.8 Å². The Bertz CT molecular complexity index is 833. The fourth-order valence-electron chi connectivity index (χ4n) is 3.63. The average Bonchev–Trinajstić information content (AvgIpc) is 3.20. The van der Waals surface area contributed by atoms with Gasteiger partial charge in [0, 0.05) is 24.7 Å². The molecule has 2 N–H and O–H groups in total. The molecule has 0 bridgehead atoms. The van der Waals surface area contributed by atoms with E-state index in [1.54, 1.807) is 19.2 Å². The lowest BCUT2D eigenvalue weighted by atomic mass is 9.93. The summed E-state index contributed by atoms with van der Waals surface area (Å²) in [5.41, 5.74) is 1.60. The minimum absolute atomic E-state index is 0.0142. The van der Waals surface area contributed by atoms with Crippen LogP contribution in [0.2, 0.25) is 5.02 Å². The Balaban J connectivity index is 1.40. The van der Waals surface area contributed by atoms with E-state index in [0.29, 0.717) is 21.6 Å². The third-order valence-corrected chi connectivity index (χ3v) is 5.85. The number of H-pyrrole nitrogens is 1. The van der Waals surface area contributed by atoms with Crippen molar-refractivity contribution < 1.29 is 9.59 Å². The van der Waals surface area contributed by atoms with Crippen LogP contribution in [0.4, 0.5) is 0 Å². The Morgan fingerprint density at radius 1 is 1.28 bits per heavy atom. The van der Waals surface area contributed by atoms with Gasteiger partial charge in [-0.05, 0) is 44.1 Å². The SMILES string of the molecule is C[C@@H](NC(=O)c1cc2c(Cl)cncc2[nH]1)C(=O)N1CCC2(CC1)CC2. The first-order valence-electron chi connectivity index (χ1n) is 8.69. The number of nitrogens with zero attached hydrogens (tertiary/aromatic N) is 2. The van der Waals surface area contributed by atoms with Gasteiger partial charge in [0.05, 0.1) is 16.7 Å². The first-order valence-corrected chi connectivity index (χ1v) is 9.07. The molecule has 4 rings (SSSR count). The molecule has 0 aromatic carbocycles. The summed E-state index contributed by atoms with van der Waals surface area (Å²) in [7, 11) is 0. The second-order valence-electron chi connectivity index (χ2n) is 7.29. The van der Waals surface area contributed by atoms with Crippen molar-refractivity contribution in [3.05, 3.63) is 29.2 Å². The fourth-order valence-corrected chi connectivity index (χ4v) is 3.84. The van der Waals surface area contributed by atoms with Gasteiger partial charge in [-0.25, -0.2) is 0 Å². The molecule has 1 atom stereocenters. The Morgan fingerprint density at radius 3 is 2.64 bits per heavy atom. The summed E-state index contributed by atoms with van der Waals surface area (Å²) in [4.78, 5) is 33.9. The highest BCUT2D eigenvalue weighted by Crippen LogP contribution is 2.53. The second-order valence-corrected chi connectivity index (χ2v) is 7.69. The lowest BCUT2D eigenvalue weighted by Crippen LogP contribution is -2.49. The summed E-state index contributed by atoms with van der Waals surface area (Å²) in [6.07, 6.45) is 7.95. The molecule has 1 saturated carbocycles. The van der Waals surface area contributed by atoms with Gasteiger partial charge in [0.2, 0.25) is 5.91 Å². The van der Waals surface area contributed by atoms with Gasteiger partial charge in [-0.1, -0.05) is 11.6 Å². The number of aromatic amines is 1. The number of amides is 2.